The lowest BCUT2D eigenvalue weighted by Crippen LogP contribution is -2.34. The van der Waals surface area contributed by atoms with Crippen LogP contribution in [0.25, 0.3) is 22.6 Å². The molecule has 0 bridgehead atoms. The van der Waals surface area contributed by atoms with Gasteiger partial charge in [-0.3, -0.25) is 0 Å². The first-order valence-electron chi connectivity index (χ1n) is 9.73. The Kier molecular flexibility index (Phi) is 5.23. The predicted octanol–water partition coefficient (Wildman–Crippen LogP) is 2.81. The normalized spacial score (nSPS) is 13.2. The van der Waals surface area contributed by atoms with Gasteiger partial charge in [-0.2, -0.15) is 5.10 Å². The van der Waals surface area contributed by atoms with Gasteiger partial charge >= 0.3 is 0 Å². The summed E-state index contributed by atoms with van der Waals surface area (Å²) in [6.45, 7) is -0.152. The van der Waals surface area contributed by atoms with Crippen molar-refractivity contribution < 1.29 is 13.9 Å². The first-order valence-corrected chi connectivity index (χ1v) is 10.6. The van der Waals surface area contributed by atoms with E-state index < -0.39 is 17.2 Å². The molecule has 0 amide bonds. The van der Waals surface area contributed by atoms with E-state index in [1.807, 2.05) is 24.3 Å². The van der Waals surface area contributed by atoms with Gasteiger partial charge < -0.3 is 5.11 Å². The SMILES string of the molecule is Cn1nnnc1-c1ccc(-c2csc(C(O)(Cn3cncn3)c3ccc(F)cc3F)n2)cc1. The number of aryl methyl sites for hydroxylation is 1. The third-order valence-electron chi connectivity index (χ3n) is 5.15. The quantitative estimate of drug-likeness (QED) is 0.410. The number of aromatic nitrogens is 8. The topological polar surface area (TPSA) is 107 Å². The van der Waals surface area contributed by atoms with E-state index in [-0.39, 0.29) is 17.1 Å². The molecule has 0 aliphatic heterocycles. The summed E-state index contributed by atoms with van der Waals surface area (Å²) in [5, 5.41) is 29.1. The Bertz CT molecular complexity index is 1400. The fourth-order valence-corrected chi connectivity index (χ4v) is 4.43. The van der Waals surface area contributed by atoms with E-state index in [2.05, 4.69) is 30.6 Å². The van der Waals surface area contributed by atoms with Gasteiger partial charge in [0.15, 0.2) is 11.4 Å². The standard InChI is InChI=1S/C21H16F2N8OS/c1-30-19(27-28-29-30)14-4-2-13(3-5-14)18-9-33-20(26-18)21(32,10-31-12-24-11-25-31)16-7-6-15(22)8-17(16)23/h2-9,11-12,32H,10H2,1H3. The van der Waals surface area contributed by atoms with Gasteiger partial charge in [-0.1, -0.05) is 24.3 Å². The predicted molar refractivity (Wildman–Crippen MR) is 115 cm³/mol. The van der Waals surface area contributed by atoms with Crippen LogP contribution in [0.2, 0.25) is 0 Å². The molecular formula is C21H16F2N8OS. The van der Waals surface area contributed by atoms with Crippen LogP contribution >= 0.6 is 11.3 Å². The summed E-state index contributed by atoms with van der Waals surface area (Å²) in [6, 6.07) is 10.5. The van der Waals surface area contributed by atoms with Crippen molar-refractivity contribution in [2.24, 2.45) is 7.05 Å². The van der Waals surface area contributed by atoms with Crippen molar-refractivity contribution >= 4 is 11.3 Å². The van der Waals surface area contributed by atoms with Gasteiger partial charge in [-0.25, -0.2) is 28.1 Å². The smallest absolute Gasteiger partial charge is 0.181 e. The second-order valence-corrected chi connectivity index (χ2v) is 8.18. The molecule has 3 aromatic heterocycles. The zero-order valence-electron chi connectivity index (χ0n) is 17.2. The van der Waals surface area contributed by atoms with Crippen LogP contribution < -0.4 is 0 Å². The monoisotopic (exact) mass is 466 g/mol. The fourth-order valence-electron chi connectivity index (χ4n) is 3.50. The lowest BCUT2D eigenvalue weighted by molar-refractivity contribution is 0.0533. The van der Waals surface area contributed by atoms with E-state index in [1.165, 1.54) is 34.7 Å². The third kappa shape index (κ3) is 3.90. The molecule has 0 fully saturated rings. The van der Waals surface area contributed by atoms with Gasteiger partial charge in [0.05, 0.1) is 12.2 Å². The molecule has 0 spiro atoms. The van der Waals surface area contributed by atoms with Gasteiger partial charge in [0.25, 0.3) is 0 Å². The highest BCUT2D eigenvalue weighted by molar-refractivity contribution is 7.10. The van der Waals surface area contributed by atoms with E-state index in [0.29, 0.717) is 11.5 Å². The Balaban J connectivity index is 1.52. The molecule has 1 N–H and O–H groups in total. The number of nitrogens with zero attached hydrogens (tertiary/aromatic N) is 8. The van der Waals surface area contributed by atoms with Crippen LogP contribution in [0.1, 0.15) is 10.6 Å². The molecule has 5 aromatic rings. The zero-order valence-corrected chi connectivity index (χ0v) is 18.0. The molecule has 166 valence electrons. The Morgan fingerprint density at radius 1 is 1.09 bits per heavy atom. The number of benzene rings is 2. The first kappa shape index (κ1) is 21.0. The molecule has 1 unspecified atom stereocenters. The maximum atomic E-state index is 14.7. The number of hydrogen-bond acceptors (Lipinski definition) is 8. The van der Waals surface area contributed by atoms with Gasteiger partial charge in [0.1, 0.15) is 29.3 Å². The number of tetrazole rings is 1. The van der Waals surface area contributed by atoms with E-state index in [4.69, 9.17) is 0 Å². The summed E-state index contributed by atoms with van der Waals surface area (Å²) in [4.78, 5) is 8.46. The van der Waals surface area contributed by atoms with Crippen molar-refractivity contribution in [1.29, 1.82) is 0 Å². The second kappa shape index (κ2) is 8.22. The van der Waals surface area contributed by atoms with Crippen molar-refractivity contribution in [1.82, 2.24) is 40.0 Å². The average Bonchev–Trinajstić information content (AvgIpc) is 3.56. The van der Waals surface area contributed by atoms with Crippen molar-refractivity contribution in [3.63, 3.8) is 0 Å². The molecule has 0 aliphatic carbocycles. The summed E-state index contributed by atoms with van der Waals surface area (Å²) in [7, 11) is 1.75. The number of halogens is 2. The van der Waals surface area contributed by atoms with Crippen LogP contribution in [0, 0.1) is 11.6 Å². The van der Waals surface area contributed by atoms with Gasteiger partial charge in [-0.05, 0) is 22.6 Å². The minimum absolute atomic E-state index is 0.106. The summed E-state index contributed by atoms with van der Waals surface area (Å²) in [6.07, 6.45) is 2.71. The van der Waals surface area contributed by atoms with E-state index in [9.17, 15) is 13.9 Å². The molecule has 12 heteroatoms. The molecule has 0 radical (unpaired) electrons. The molecular weight excluding hydrogens is 450 g/mol. The van der Waals surface area contributed by atoms with Crippen LogP contribution in [-0.4, -0.2) is 45.1 Å². The highest BCUT2D eigenvalue weighted by atomic mass is 32.1. The highest BCUT2D eigenvalue weighted by Crippen LogP contribution is 2.37. The Morgan fingerprint density at radius 3 is 2.55 bits per heavy atom. The van der Waals surface area contributed by atoms with Gasteiger partial charge in [0.2, 0.25) is 0 Å². The summed E-state index contributed by atoms with van der Waals surface area (Å²) < 4.78 is 31.2. The maximum Gasteiger partial charge on any atom is 0.181 e. The van der Waals surface area contributed by atoms with E-state index in [1.54, 1.807) is 17.1 Å². The van der Waals surface area contributed by atoms with Gasteiger partial charge in [-0.15, -0.1) is 16.4 Å². The lowest BCUT2D eigenvalue weighted by Gasteiger charge is -2.26. The molecule has 3 heterocycles. The Labute approximate surface area is 190 Å². The molecule has 1 atom stereocenters. The summed E-state index contributed by atoms with van der Waals surface area (Å²) in [5.41, 5.74) is 0.220. The van der Waals surface area contributed by atoms with E-state index in [0.717, 1.165) is 23.3 Å². The molecule has 0 saturated carbocycles. The number of hydrogen-bond donors (Lipinski definition) is 1. The van der Waals surface area contributed by atoms with Crippen molar-refractivity contribution in [2.45, 2.75) is 12.1 Å². The minimum Gasteiger partial charge on any atom is -0.376 e. The molecule has 0 saturated heterocycles. The van der Waals surface area contributed by atoms with Crippen LogP contribution in [0.15, 0.2) is 60.5 Å². The first-order chi connectivity index (χ1) is 15.9. The third-order valence-corrected chi connectivity index (χ3v) is 6.14. The van der Waals surface area contributed by atoms with Crippen LogP contribution in [0.3, 0.4) is 0 Å². The maximum absolute atomic E-state index is 14.7. The van der Waals surface area contributed by atoms with Crippen LogP contribution in [0.4, 0.5) is 8.78 Å². The fraction of sp³-hybridized carbons (Fsp3) is 0.143. The number of thiazole rings is 1. The molecule has 2 aromatic carbocycles. The van der Waals surface area contributed by atoms with Crippen LogP contribution in [-0.2, 0) is 19.2 Å². The Morgan fingerprint density at radius 2 is 1.88 bits per heavy atom. The molecule has 33 heavy (non-hydrogen) atoms. The average molecular weight is 466 g/mol. The lowest BCUT2D eigenvalue weighted by atomic mass is 9.93. The molecule has 0 aliphatic rings. The molecule has 5 rings (SSSR count). The number of aliphatic hydroxyl groups is 1. The Hall–Kier alpha value is -3.90. The van der Waals surface area contributed by atoms with Crippen LogP contribution in [0.5, 0.6) is 0 Å². The largest absolute Gasteiger partial charge is 0.376 e. The van der Waals surface area contributed by atoms with Crippen molar-refractivity contribution in [3.05, 3.63) is 82.7 Å². The van der Waals surface area contributed by atoms with E-state index >= 15 is 0 Å². The number of rotatable bonds is 6. The molecule has 9 nitrogen and oxygen atoms in total. The summed E-state index contributed by atoms with van der Waals surface area (Å²) >= 11 is 1.17. The van der Waals surface area contributed by atoms with Crippen molar-refractivity contribution in [2.75, 3.05) is 0 Å². The zero-order chi connectivity index (χ0) is 23.0. The highest BCUT2D eigenvalue weighted by Gasteiger charge is 2.38. The summed E-state index contributed by atoms with van der Waals surface area (Å²) in [5.74, 6) is -0.997. The van der Waals surface area contributed by atoms with Gasteiger partial charge in [0, 0.05) is 35.2 Å². The second-order valence-electron chi connectivity index (χ2n) is 7.32. The van der Waals surface area contributed by atoms with Crippen molar-refractivity contribution in [3.8, 4) is 22.6 Å². The minimum atomic E-state index is -1.89.